The first kappa shape index (κ1) is 17.7. The number of halogens is 3. The molecule has 136 valence electrons. The normalized spacial score (nSPS) is 26.5. The molecule has 0 spiro atoms. The molecule has 0 bridgehead atoms. The summed E-state index contributed by atoms with van der Waals surface area (Å²) >= 11 is 0. The monoisotopic (exact) mass is 356 g/mol. The van der Waals surface area contributed by atoms with Gasteiger partial charge in [0.05, 0.1) is 18.0 Å². The van der Waals surface area contributed by atoms with E-state index in [9.17, 15) is 22.8 Å². The average Bonchev–Trinajstić information content (AvgIpc) is 2.55. The third-order valence-electron chi connectivity index (χ3n) is 4.84. The number of hydrogen-bond acceptors (Lipinski definition) is 2. The van der Waals surface area contributed by atoms with Gasteiger partial charge in [0.15, 0.2) is 6.04 Å². The standard InChI is InChI=1S/C17H20F3N3O2/c18-17(19,20)10-4-3-5-11(8-10)21-15(24)9-14-16(25)23-13-7-2-1-6-12(13)22-14/h3-5,8,12-14,22H,1-2,6-7,9H2,(H,21,24)(H,23,25)/p+1/t12-,13+,14+/m0/s1. The Morgan fingerprint density at radius 2 is 2.04 bits per heavy atom. The van der Waals surface area contributed by atoms with Crippen LogP contribution in [0.25, 0.3) is 0 Å². The molecule has 8 heteroatoms. The topological polar surface area (TPSA) is 74.8 Å². The van der Waals surface area contributed by atoms with E-state index in [1.807, 2.05) is 5.32 Å². The highest BCUT2D eigenvalue weighted by Gasteiger charge is 2.40. The van der Waals surface area contributed by atoms with Crippen LogP contribution in [0.4, 0.5) is 18.9 Å². The molecular formula is C17H21F3N3O2+. The number of piperazine rings is 1. The quantitative estimate of drug-likeness (QED) is 0.766. The number of rotatable bonds is 3. The smallest absolute Gasteiger partial charge is 0.342 e. The first-order valence-corrected chi connectivity index (χ1v) is 8.45. The second-order valence-electron chi connectivity index (χ2n) is 6.69. The van der Waals surface area contributed by atoms with E-state index in [1.54, 1.807) is 0 Å². The highest BCUT2D eigenvalue weighted by atomic mass is 19.4. The fourth-order valence-corrected chi connectivity index (χ4v) is 3.59. The molecule has 2 aliphatic rings. The van der Waals surface area contributed by atoms with E-state index < -0.39 is 23.7 Å². The van der Waals surface area contributed by atoms with E-state index in [2.05, 4.69) is 10.6 Å². The van der Waals surface area contributed by atoms with Crippen LogP contribution in [0.2, 0.25) is 0 Å². The Hall–Kier alpha value is -2.09. The van der Waals surface area contributed by atoms with Crippen LogP contribution in [-0.2, 0) is 15.8 Å². The van der Waals surface area contributed by atoms with Gasteiger partial charge in [-0.15, -0.1) is 0 Å². The van der Waals surface area contributed by atoms with Gasteiger partial charge in [0.2, 0.25) is 5.91 Å². The number of carbonyl (C=O) groups is 2. The molecule has 3 rings (SSSR count). The van der Waals surface area contributed by atoms with Gasteiger partial charge in [0, 0.05) is 12.1 Å². The first-order chi connectivity index (χ1) is 11.8. The number of amides is 2. The van der Waals surface area contributed by atoms with Crippen molar-refractivity contribution in [2.45, 2.75) is 56.4 Å². The molecule has 0 aromatic heterocycles. The van der Waals surface area contributed by atoms with Crippen molar-refractivity contribution in [3.05, 3.63) is 29.8 Å². The van der Waals surface area contributed by atoms with Gasteiger partial charge in [-0.1, -0.05) is 12.5 Å². The Morgan fingerprint density at radius 3 is 2.80 bits per heavy atom. The first-order valence-electron chi connectivity index (χ1n) is 8.45. The summed E-state index contributed by atoms with van der Waals surface area (Å²) in [7, 11) is 0. The summed E-state index contributed by atoms with van der Waals surface area (Å²) in [6.45, 7) is 0. The Morgan fingerprint density at radius 1 is 1.28 bits per heavy atom. The zero-order valence-electron chi connectivity index (χ0n) is 13.6. The molecule has 2 amide bonds. The molecule has 1 saturated carbocycles. The SMILES string of the molecule is O=C(C[C@H]1[NH2+][C@H]2CCCC[C@H]2NC1=O)Nc1cccc(C(F)(F)F)c1. The van der Waals surface area contributed by atoms with Crippen molar-refractivity contribution in [1.29, 1.82) is 0 Å². The molecule has 0 unspecified atom stereocenters. The lowest BCUT2D eigenvalue weighted by molar-refractivity contribution is -0.718. The predicted octanol–water partition coefficient (Wildman–Crippen LogP) is 1.41. The van der Waals surface area contributed by atoms with Crippen LogP contribution in [0.3, 0.4) is 0 Å². The van der Waals surface area contributed by atoms with Crippen LogP contribution in [0.1, 0.15) is 37.7 Å². The zero-order valence-corrected chi connectivity index (χ0v) is 13.6. The largest absolute Gasteiger partial charge is 0.416 e. The third-order valence-corrected chi connectivity index (χ3v) is 4.84. The number of nitrogens with one attached hydrogen (secondary N) is 2. The number of fused-ring (bicyclic) bond motifs is 1. The Labute approximate surface area is 143 Å². The maximum Gasteiger partial charge on any atom is 0.416 e. The van der Waals surface area contributed by atoms with Crippen molar-refractivity contribution in [1.82, 2.24) is 5.32 Å². The zero-order chi connectivity index (χ0) is 18.0. The lowest BCUT2D eigenvalue weighted by Crippen LogP contribution is -3.03. The van der Waals surface area contributed by atoms with Crippen LogP contribution >= 0.6 is 0 Å². The molecule has 2 fully saturated rings. The molecule has 3 atom stereocenters. The average molecular weight is 356 g/mol. The summed E-state index contributed by atoms with van der Waals surface area (Å²) in [5.41, 5.74) is -0.746. The molecule has 4 N–H and O–H groups in total. The summed E-state index contributed by atoms with van der Waals surface area (Å²) in [6, 6.07) is 4.37. The second-order valence-corrected chi connectivity index (χ2v) is 6.69. The van der Waals surface area contributed by atoms with Gasteiger partial charge < -0.3 is 16.0 Å². The highest BCUT2D eigenvalue weighted by Crippen LogP contribution is 2.30. The van der Waals surface area contributed by atoms with E-state index in [4.69, 9.17) is 0 Å². The molecule has 1 heterocycles. The fraction of sp³-hybridized carbons (Fsp3) is 0.529. The molecule has 5 nitrogen and oxygen atoms in total. The number of benzene rings is 1. The second kappa shape index (κ2) is 7.03. The minimum atomic E-state index is -4.46. The van der Waals surface area contributed by atoms with Crippen LogP contribution < -0.4 is 16.0 Å². The molecule has 1 saturated heterocycles. The Bertz CT molecular complexity index is 663. The van der Waals surface area contributed by atoms with Gasteiger partial charge in [0.25, 0.3) is 5.91 Å². The van der Waals surface area contributed by atoms with Crippen LogP contribution in [0, 0.1) is 0 Å². The number of quaternary nitrogens is 1. The van der Waals surface area contributed by atoms with Crippen LogP contribution in [-0.4, -0.2) is 29.9 Å². The maximum absolute atomic E-state index is 12.7. The predicted molar refractivity (Wildman–Crippen MR) is 84.6 cm³/mol. The summed E-state index contributed by atoms with van der Waals surface area (Å²) in [6.07, 6.45) is -0.376. The minimum Gasteiger partial charge on any atom is -0.342 e. The minimum absolute atomic E-state index is 0.0642. The lowest BCUT2D eigenvalue weighted by Gasteiger charge is -2.37. The summed E-state index contributed by atoms with van der Waals surface area (Å²) in [5.74, 6) is -0.646. The molecule has 1 aromatic carbocycles. The maximum atomic E-state index is 12.7. The molecule has 1 aromatic rings. The van der Waals surface area contributed by atoms with Crippen molar-refractivity contribution in [2.75, 3.05) is 5.32 Å². The van der Waals surface area contributed by atoms with Gasteiger partial charge in [-0.25, -0.2) is 0 Å². The molecule has 1 aliphatic heterocycles. The van der Waals surface area contributed by atoms with E-state index in [-0.39, 0.29) is 30.1 Å². The van der Waals surface area contributed by atoms with Gasteiger partial charge >= 0.3 is 6.18 Å². The van der Waals surface area contributed by atoms with E-state index in [1.165, 1.54) is 12.1 Å². The molecular weight excluding hydrogens is 335 g/mol. The third kappa shape index (κ3) is 4.31. The molecule has 25 heavy (non-hydrogen) atoms. The number of anilines is 1. The van der Waals surface area contributed by atoms with Crippen molar-refractivity contribution in [2.24, 2.45) is 0 Å². The van der Waals surface area contributed by atoms with Gasteiger partial charge in [-0.05, 0) is 31.0 Å². The number of nitrogens with two attached hydrogens (primary N) is 1. The Balaban J connectivity index is 1.60. The summed E-state index contributed by atoms with van der Waals surface area (Å²) in [5, 5.41) is 7.36. The summed E-state index contributed by atoms with van der Waals surface area (Å²) < 4.78 is 38.1. The number of alkyl halides is 3. The van der Waals surface area contributed by atoms with Gasteiger partial charge in [0.1, 0.15) is 6.04 Å². The molecule has 0 radical (unpaired) electrons. The van der Waals surface area contributed by atoms with Crippen molar-refractivity contribution in [3.63, 3.8) is 0 Å². The van der Waals surface area contributed by atoms with Crippen LogP contribution in [0.15, 0.2) is 24.3 Å². The van der Waals surface area contributed by atoms with Gasteiger partial charge in [-0.3, -0.25) is 9.59 Å². The Kier molecular flexibility index (Phi) is 4.99. The van der Waals surface area contributed by atoms with Gasteiger partial charge in [-0.2, -0.15) is 13.2 Å². The van der Waals surface area contributed by atoms with E-state index in [0.29, 0.717) is 0 Å². The van der Waals surface area contributed by atoms with Crippen molar-refractivity contribution >= 4 is 17.5 Å². The van der Waals surface area contributed by atoms with Crippen molar-refractivity contribution in [3.8, 4) is 0 Å². The summed E-state index contributed by atoms with van der Waals surface area (Å²) in [4.78, 5) is 24.3. The van der Waals surface area contributed by atoms with E-state index >= 15 is 0 Å². The molecule has 1 aliphatic carbocycles. The lowest BCUT2D eigenvalue weighted by atomic mass is 9.87. The van der Waals surface area contributed by atoms with Crippen LogP contribution in [0.5, 0.6) is 0 Å². The van der Waals surface area contributed by atoms with E-state index in [0.717, 1.165) is 37.8 Å². The number of carbonyl (C=O) groups excluding carboxylic acids is 2. The highest BCUT2D eigenvalue weighted by molar-refractivity contribution is 5.95. The fourth-order valence-electron chi connectivity index (χ4n) is 3.59. The number of hydrogen-bond donors (Lipinski definition) is 3. The van der Waals surface area contributed by atoms with Crippen molar-refractivity contribution < 1.29 is 28.1 Å².